The van der Waals surface area contributed by atoms with Crippen LogP contribution in [-0.2, 0) is 9.53 Å². The third-order valence-corrected chi connectivity index (χ3v) is 4.30. The highest BCUT2D eigenvalue weighted by atomic mass is 16.6. The fourth-order valence-electron chi connectivity index (χ4n) is 2.65. The molecule has 0 aromatic rings. The molecule has 4 heteroatoms. The van der Waals surface area contributed by atoms with Crippen molar-refractivity contribution in [3.63, 3.8) is 0 Å². The van der Waals surface area contributed by atoms with Gasteiger partial charge in [-0.3, -0.25) is 4.79 Å². The van der Waals surface area contributed by atoms with Gasteiger partial charge in [-0.15, -0.1) is 0 Å². The molecule has 2 atom stereocenters. The monoisotopic (exact) mass is 283 g/mol. The minimum Gasteiger partial charge on any atom is -0.443 e. The van der Waals surface area contributed by atoms with Crippen LogP contribution in [0, 0.1) is 11.3 Å². The summed E-state index contributed by atoms with van der Waals surface area (Å²) in [6.07, 6.45) is 3.65. The number of piperidine rings is 1. The van der Waals surface area contributed by atoms with Crippen molar-refractivity contribution in [1.82, 2.24) is 4.90 Å². The number of likely N-dealkylation sites (tertiary alicyclic amines) is 1. The molecule has 0 unspecified atom stereocenters. The molecule has 2 amide bonds. The molecule has 1 aliphatic rings. The Balaban J connectivity index is 2.74. The van der Waals surface area contributed by atoms with Crippen molar-refractivity contribution in [2.45, 2.75) is 72.8 Å². The van der Waals surface area contributed by atoms with E-state index in [-0.39, 0.29) is 17.2 Å². The van der Waals surface area contributed by atoms with Gasteiger partial charge in [0.25, 0.3) is 0 Å². The van der Waals surface area contributed by atoms with Gasteiger partial charge in [-0.25, -0.2) is 9.69 Å². The van der Waals surface area contributed by atoms with Crippen LogP contribution in [0.2, 0.25) is 0 Å². The van der Waals surface area contributed by atoms with E-state index in [1.54, 1.807) is 0 Å². The molecule has 4 nitrogen and oxygen atoms in total. The zero-order valence-corrected chi connectivity index (χ0v) is 13.8. The summed E-state index contributed by atoms with van der Waals surface area (Å²) in [5, 5.41) is 0. The van der Waals surface area contributed by atoms with Crippen LogP contribution in [0.1, 0.15) is 67.2 Å². The smallest absolute Gasteiger partial charge is 0.417 e. The highest BCUT2D eigenvalue weighted by Gasteiger charge is 2.44. The Kier molecular flexibility index (Phi) is 5.22. The first kappa shape index (κ1) is 17.0. The van der Waals surface area contributed by atoms with Gasteiger partial charge in [0.05, 0.1) is 0 Å². The Hall–Kier alpha value is -1.06. The minimum absolute atomic E-state index is 0.00556. The molecule has 0 aliphatic carbocycles. The summed E-state index contributed by atoms with van der Waals surface area (Å²) >= 11 is 0. The number of imide groups is 1. The molecule has 0 N–H and O–H groups in total. The van der Waals surface area contributed by atoms with Crippen molar-refractivity contribution in [2.24, 2.45) is 11.3 Å². The summed E-state index contributed by atoms with van der Waals surface area (Å²) in [5.74, 6) is -0.223. The van der Waals surface area contributed by atoms with E-state index in [1.165, 1.54) is 4.90 Å². The molecule has 0 aromatic carbocycles. The van der Waals surface area contributed by atoms with Gasteiger partial charge in [-0.2, -0.15) is 0 Å². The molecule has 20 heavy (non-hydrogen) atoms. The zero-order chi connectivity index (χ0) is 15.6. The first-order chi connectivity index (χ1) is 9.10. The van der Waals surface area contributed by atoms with Gasteiger partial charge >= 0.3 is 6.09 Å². The Morgan fingerprint density at radius 3 is 2.55 bits per heavy atom. The molecule has 0 bridgehead atoms. The molecule has 1 saturated heterocycles. The van der Waals surface area contributed by atoms with E-state index in [0.717, 1.165) is 25.7 Å². The molecule has 0 spiro atoms. The van der Waals surface area contributed by atoms with E-state index in [2.05, 4.69) is 13.8 Å². The van der Waals surface area contributed by atoms with Crippen LogP contribution >= 0.6 is 0 Å². The van der Waals surface area contributed by atoms with Crippen LogP contribution in [0.4, 0.5) is 4.79 Å². The van der Waals surface area contributed by atoms with E-state index >= 15 is 0 Å². The summed E-state index contributed by atoms with van der Waals surface area (Å²) in [4.78, 5) is 25.8. The summed E-state index contributed by atoms with van der Waals surface area (Å²) in [7, 11) is 0. The van der Waals surface area contributed by atoms with Crippen molar-refractivity contribution in [1.29, 1.82) is 0 Å². The molecule has 1 rings (SSSR count). The second-order valence-corrected chi connectivity index (χ2v) is 7.20. The number of amides is 2. The second kappa shape index (κ2) is 6.15. The average molecular weight is 283 g/mol. The molecule has 0 radical (unpaired) electrons. The summed E-state index contributed by atoms with van der Waals surface area (Å²) in [5.41, 5.74) is -0.560. The van der Waals surface area contributed by atoms with Crippen LogP contribution in [-0.4, -0.2) is 29.0 Å². The van der Waals surface area contributed by atoms with Crippen molar-refractivity contribution in [3.05, 3.63) is 0 Å². The fourth-order valence-corrected chi connectivity index (χ4v) is 2.65. The number of ether oxygens (including phenoxy) is 1. The SMILES string of the molecule is CCCC[C@@]1(C)CCN(C(=O)OC(C)(C)C)C(=O)[C@@H]1C. The largest absolute Gasteiger partial charge is 0.443 e. The molecule has 0 saturated carbocycles. The van der Waals surface area contributed by atoms with Gasteiger partial charge in [0.2, 0.25) is 5.91 Å². The van der Waals surface area contributed by atoms with Crippen LogP contribution in [0.25, 0.3) is 0 Å². The Morgan fingerprint density at radius 1 is 1.45 bits per heavy atom. The molecule has 0 aromatic heterocycles. The standard InChI is InChI=1S/C16H29NO3/c1-7-8-9-16(6)10-11-17(13(18)12(16)2)14(19)20-15(3,4)5/h12H,7-11H2,1-6H3/t12-,16-/m0/s1. The number of hydrogen-bond acceptors (Lipinski definition) is 3. The Bertz CT molecular complexity index is 372. The number of hydrogen-bond donors (Lipinski definition) is 0. The number of carbonyl (C=O) groups excluding carboxylic acids is 2. The van der Waals surface area contributed by atoms with Crippen molar-refractivity contribution in [3.8, 4) is 0 Å². The summed E-state index contributed by atoms with van der Waals surface area (Å²) in [6.45, 7) is 12.2. The minimum atomic E-state index is -0.566. The molecule has 1 fully saturated rings. The topological polar surface area (TPSA) is 46.6 Å². The van der Waals surface area contributed by atoms with Crippen LogP contribution in [0.5, 0.6) is 0 Å². The lowest BCUT2D eigenvalue weighted by atomic mass is 9.69. The predicted molar refractivity (Wildman–Crippen MR) is 79.4 cm³/mol. The van der Waals surface area contributed by atoms with E-state index in [1.807, 2.05) is 27.7 Å². The van der Waals surface area contributed by atoms with E-state index in [9.17, 15) is 9.59 Å². The maximum Gasteiger partial charge on any atom is 0.417 e. The summed E-state index contributed by atoms with van der Waals surface area (Å²) in [6, 6.07) is 0. The lowest BCUT2D eigenvalue weighted by Crippen LogP contribution is -2.52. The Morgan fingerprint density at radius 2 is 2.05 bits per heavy atom. The lowest BCUT2D eigenvalue weighted by Gasteiger charge is -2.43. The van der Waals surface area contributed by atoms with Crippen LogP contribution < -0.4 is 0 Å². The van der Waals surface area contributed by atoms with Crippen LogP contribution in [0.3, 0.4) is 0 Å². The normalized spacial score (nSPS) is 27.6. The van der Waals surface area contributed by atoms with Crippen molar-refractivity contribution < 1.29 is 14.3 Å². The number of carbonyl (C=O) groups is 2. The number of unbranched alkanes of at least 4 members (excludes halogenated alkanes) is 1. The quantitative estimate of drug-likeness (QED) is 0.787. The van der Waals surface area contributed by atoms with Crippen molar-refractivity contribution in [2.75, 3.05) is 6.54 Å². The van der Waals surface area contributed by atoms with E-state index in [4.69, 9.17) is 4.74 Å². The fraction of sp³-hybridized carbons (Fsp3) is 0.875. The van der Waals surface area contributed by atoms with Gasteiger partial charge in [-0.05, 0) is 39.0 Å². The maximum atomic E-state index is 12.5. The molecule has 1 heterocycles. The van der Waals surface area contributed by atoms with Gasteiger partial charge in [-0.1, -0.05) is 33.6 Å². The molecule has 1 aliphatic heterocycles. The third kappa shape index (κ3) is 3.97. The predicted octanol–water partition coefficient (Wildman–Crippen LogP) is 3.99. The van der Waals surface area contributed by atoms with Crippen molar-refractivity contribution >= 4 is 12.0 Å². The van der Waals surface area contributed by atoms with E-state index < -0.39 is 11.7 Å². The maximum absolute atomic E-state index is 12.5. The number of nitrogens with zero attached hydrogens (tertiary/aromatic N) is 1. The summed E-state index contributed by atoms with van der Waals surface area (Å²) < 4.78 is 5.31. The van der Waals surface area contributed by atoms with Crippen LogP contribution in [0.15, 0.2) is 0 Å². The van der Waals surface area contributed by atoms with Gasteiger partial charge < -0.3 is 4.74 Å². The second-order valence-electron chi connectivity index (χ2n) is 7.20. The molecular weight excluding hydrogens is 254 g/mol. The highest BCUT2D eigenvalue weighted by molar-refractivity contribution is 5.94. The lowest BCUT2D eigenvalue weighted by molar-refractivity contribution is -0.143. The van der Waals surface area contributed by atoms with E-state index in [0.29, 0.717) is 6.54 Å². The highest BCUT2D eigenvalue weighted by Crippen LogP contribution is 2.41. The first-order valence-electron chi connectivity index (χ1n) is 7.65. The van der Waals surface area contributed by atoms with Gasteiger partial charge in [0, 0.05) is 12.5 Å². The zero-order valence-electron chi connectivity index (χ0n) is 13.8. The first-order valence-corrected chi connectivity index (χ1v) is 7.65. The third-order valence-electron chi connectivity index (χ3n) is 4.30. The van der Waals surface area contributed by atoms with Gasteiger partial charge in [0.1, 0.15) is 5.60 Å². The number of rotatable bonds is 3. The molecular formula is C16H29NO3. The Labute approximate surface area is 122 Å². The van der Waals surface area contributed by atoms with Gasteiger partial charge in [0.15, 0.2) is 0 Å². The molecule has 116 valence electrons. The average Bonchev–Trinajstić information content (AvgIpc) is 2.31.